The summed E-state index contributed by atoms with van der Waals surface area (Å²) in [4.78, 5) is 18.3. The van der Waals surface area contributed by atoms with E-state index in [1.807, 2.05) is 13.0 Å². The van der Waals surface area contributed by atoms with Gasteiger partial charge < -0.3 is 19.9 Å². The number of methoxy groups -OCH3 is 1. The Labute approximate surface area is 134 Å². The third kappa shape index (κ3) is 3.34. The van der Waals surface area contributed by atoms with Crippen LogP contribution in [0, 0.1) is 12.8 Å². The van der Waals surface area contributed by atoms with Crippen LogP contribution in [0.4, 0.5) is 5.82 Å². The lowest BCUT2D eigenvalue weighted by atomic mass is 10.0. The topological polar surface area (TPSA) is 94.5 Å². The Bertz CT molecular complexity index is 683. The van der Waals surface area contributed by atoms with Crippen molar-refractivity contribution in [3.63, 3.8) is 0 Å². The summed E-state index contributed by atoms with van der Waals surface area (Å²) < 4.78 is 10.8. The summed E-state index contributed by atoms with van der Waals surface area (Å²) >= 11 is 0. The van der Waals surface area contributed by atoms with E-state index in [2.05, 4.69) is 10.1 Å². The molecule has 1 amide bonds. The van der Waals surface area contributed by atoms with E-state index in [0.29, 0.717) is 30.9 Å². The first kappa shape index (κ1) is 15.5. The summed E-state index contributed by atoms with van der Waals surface area (Å²) in [6.45, 7) is 3.05. The molecule has 2 atom stereocenters. The van der Waals surface area contributed by atoms with Crippen molar-refractivity contribution >= 4 is 11.7 Å². The van der Waals surface area contributed by atoms with Crippen LogP contribution in [0.3, 0.4) is 0 Å². The van der Waals surface area contributed by atoms with Gasteiger partial charge in [0.15, 0.2) is 0 Å². The van der Waals surface area contributed by atoms with Crippen LogP contribution in [0.5, 0.6) is 0 Å². The maximum Gasteiger partial charge on any atom is 0.255 e. The molecule has 0 bridgehead atoms. The summed E-state index contributed by atoms with van der Waals surface area (Å²) in [6.07, 6.45) is 2.18. The second-order valence-corrected chi connectivity index (χ2v) is 5.85. The van der Waals surface area contributed by atoms with Gasteiger partial charge in [0.1, 0.15) is 11.6 Å². The number of amides is 1. The maximum absolute atomic E-state index is 12.6. The van der Waals surface area contributed by atoms with E-state index < -0.39 is 0 Å². The fourth-order valence-corrected chi connectivity index (χ4v) is 2.96. The molecule has 0 spiro atoms. The summed E-state index contributed by atoms with van der Waals surface area (Å²) in [5.41, 5.74) is 6.95. The Kier molecular flexibility index (Phi) is 4.29. The first-order valence-corrected chi connectivity index (χ1v) is 7.52. The van der Waals surface area contributed by atoms with E-state index >= 15 is 0 Å². The highest BCUT2D eigenvalue weighted by Gasteiger charge is 2.36. The van der Waals surface area contributed by atoms with Crippen molar-refractivity contribution < 1.29 is 14.1 Å². The zero-order valence-electron chi connectivity index (χ0n) is 13.2. The van der Waals surface area contributed by atoms with Gasteiger partial charge in [-0.1, -0.05) is 5.16 Å². The number of pyridine rings is 1. The number of rotatable bonds is 4. The molecule has 122 valence electrons. The van der Waals surface area contributed by atoms with Crippen LogP contribution >= 0.6 is 0 Å². The van der Waals surface area contributed by atoms with Crippen LogP contribution in [-0.4, -0.2) is 47.3 Å². The van der Waals surface area contributed by atoms with Crippen LogP contribution < -0.4 is 5.73 Å². The molecule has 2 N–H and O–H groups in total. The minimum absolute atomic E-state index is 0.0221. The van der Waals surface area contributed by atoms with Crippen molar-refractivity contribution in [2.45, 2.75) is 19.4 Å². The van der Waals surface area contributed by atoms with Gasteiger partial charge in [0.2, 0.25) is 0 Å². The molecule has 1 saturated heterocycles. The maximum atomic E-state index is 12.6. The van der Waals surface area contributed by atoms with Gasteiger partial charge in [-0.2, -0.15) is 0 Å². The third-order valence-corrected chi connectivity index (χ3v) is 4.14. The van der Waals surface area contributed by atoms with E-state index in [-0.39, 0.29) is 17.9 Å². The first-order chi connectivity index (χ1) is 11.1. The molecule has 2 aromatic heterocycles. The Balaban J connectivity index is 1.70. The van der Waals surface area contributed by atoms with Crippen molar-refractivity contribution in [2.24, 2.45) is 5.92 Å². The number of nitrogen functional groups attached to an aromatic ring is 1. The Hall–Kier alpha value is -2.41. The number of aryl methyl sites for hydroxylation is 1. The molecular formula is C16H20N4O3. The molecule has 1 aliphatic heterocycles. The Morgan fingerprint density at radius 1 is 1.48 bits per heavy atom. The smallest absolute Gasteiger partial charge is 0.255 e. The standard InChI is InChI=1S/C16H20N4O3/c1-10-5-13(23-19-10)6-12-8-20(9-14(12)22-2)16(21)11-3-4-15(17)18-7-11/h3-5,7,12,14H,6,8-9H2,1-2H3,(H2,17,18)/t12-,14+/m1/s1. The molecule has 1 aliphatic rings. The quantitative estimate of drug-likeness (QED) is 0.913. The van der Waals surface area contributed by atoms with E-state index in [0.717, 1.165) is 11.5 Å². The summed E-state index contributed by atoms with van der Waals surface area (Å²) in [5, 5.41) is 3.90. The van der Waals surface area contributed by atoms with Crippen molar-refractivity contribution in [2.75, 3.05) is 25.9 Å². The highest BCUT2D eigenvalue weighted by Crippen LogP contribution is 2.25. The van der Waals surface area contributed by atoms with Crippen molar-refractivity contribution in [1.29, 1.82) is 0 Å². The number of likely N-dealkylation sites (tertiary alicyclic amines) is 1. The number of ether oxygens (including phenoxy) is 1. The van der Waals surface area contributed by atoms with Gasteiger partial charge in [-0.3, -0.25) is 4.79 Å². The largest absolute Gasteiger partial charge is 0.384 e. The number of hydrogen-bond acceptors (Lipinski definition) is 6. The predicted molar refractivity (Wildman–Crippen MR) is 83.8 cm³/mol. The van der Waals surface area contributed by atoms with Gasteiger partial charge in [0.05, 0.1) is 17.4 Å². The molecule has 0 radical (unpaired) electrons. The van der Waals surface area contributed by atoms with E-state index in [4.69, 9.17) is 15.0 Å². The highest BCUT2D eigenvalue weighted by atomic mass is 16.5. The highest BCUT2D eigenvalue weighted by molar-refractivity contribution is 5.94. The average molecular weight is 316 g/mol. The Morgan fingerprint density at radius 2 is 2.30 bits per heavy atom. The average Bonchev–Trinajstić information content (AvgIpc) is 3.14. The van der Waals surface area contributed by atoms with Gasteiger partial charge in [0.25, 0.3) is 5.91 Å². The molecular weight excluding hydrogens is 296 g/mol. The molecule has 2 aromatic rings. The van der Waals surface area contributed by atoms with Gasteiger partial charge in [-0.15, -0.1) is 0 Å². The van der Waals surface area contributed by atoms with Crippen LogP contribution in [0.1, 0.15) is 21.8 Å². The van der Waals surface area contributed by atoms with E-state index in [1.165, 1.54) is 6.20 Å². The molecule has 0 aliphatic carbocycles. The zero-order chi connectivity index (χ0) is 16.4. The number of anilines is 1. The van der Waals surface area contributed by atoms with Crippen LogP contribution in [0.2, 0.25) is 0 Å². The van der Waals surface area contributed by atoms with Crippen molar-refractivity contribution in [3.8, 4) is 0 Å². The normalized spacial score (nSPS) is 20.9. The molecule has 7 nitrogen and oxygen atoms in total. The number of aromatic nitrogens is 2. The number of carbonyl (C=O) groups is 1. The lowest BCUT2D eigenvalue weighted by Gasteiger charge is -2.15. The number of hydrogen-bond donors (Lipinski definition) is 1. The van der Waals surface area contributed by atoms with Crippen LogP contribution in [0.15, 0.2) is 28.9 Å². The molecule has 23 heavy (non-hydrogen) atoms. The monoisotopic (exact) mass is 316 g/mol. The second-order valence-electron chi connectivity index (χ2n) is 5.85. The second kappa shape index (κ2) is 6.37. The fourth-order valence-electron chi connectivity index (χ4n) is 2.96. The van der Waals surface area contributed by atoms with E-state index in [9.17, 15) is 4.79 Å². The number of nitrogens with zero attached hydrogens (tertiary/aromatic N) is 3. The number of carbonyl (C=O) groups excluding carboxylic acids is 1. The first-order valence-electron chi connectivity index (χ1n) is 7.52. The van der Waals surface area contributed by atoms with Crippen LogP contribution in [-0.2, 0) is 11.2 Å². The number of nitrogens with two attached hydrogens (primary N) is 1. The molecule has 7 heteroatoms. The molecule has 0 unspecified atom stereocenters. The zero-order valence-corrected chi connectivity index (χ0v) is 13.2. The summed E-state index contributed by atoms with van der Waals surface area (Å²) in [6, 6.07) is 5.24. The van der Waals surface area contributed by atoms with E-state index in [1.54, 1.807) is 24.1 Å². The van der Waals surface area contributed by atoms with Gasteiger partial charge in [0, 0.05) is 44.8 Å². The lowest BCUT2D eigenvalue weighted by molar-refractivity contribution is 0.0672. The van der Waals surface area contributed by atoms with Crippen molar-refractivity contribution in [3.05, 3.63) is 41.4 Å². The minimum atomic E-state index is -0.0594. The SMILES string of the molecule is CO[C@H]1CN(C(=O)c2ccc(N)nc2)C[C@H]1Cc1cc(C)no1. The molecule has 3 rings (SSSR count). The van der Waals surface area contributed by atoms with Gasteiger partial charge >= 0.3 is 0 Å². The fraction of sp³-hybridized carbons (Fsp3) is 0.438. The summed E-state index contributed by atoms with van der Waals surface area (Å²) in [7, 11) is 1.67. The molecule has 0 saturated carbocycles. The van der Waals surface area contributed by atoms with Crippen molar-refractivity contribution in [1.82, 2.24) is 15.0 Å². The molecule has 3 heterocycles. The molecule has 0 aromatic carbocycles. The predicted octanol–water partition coefficient (Wildman–Crippen LogP) is 1.29. The molecule has 1 fully saturated rings. The van der Waals surface area contributed by atoms with Crippen LogP contribution in [0.25, 0.3) is 0 Å². The summed E-state index contributed by atoms with van der Waals surface area (Å²) in [5.74, 6) is 1.34. The Morgan fingerprint density at radius 3 is 2.91 bits per heavy atom. The minimum Gasteiger partial charge on any atom is -0.384 e. The van der Waals surface area contributed by atoms with Gasteiger partial charge in [-0.05, 0) is 19.1 Å². The van der Waals surface area contributed by atoms with Gasteiger partial charge in [-0.25, -0.2) is 4.98 Å². The lowest BCUT2D eigenvalue weighted by Crippen LogP contribution is -2.30. The third-order valence-electron chi connectivity index (χ3n) is 4.14.